The Morgan fingerprint density at radius 3 is 2.71 bits per heavy atom. The van der Waals surface area contributed by atoms with Crippen LogP contribution in [0.5, 0.6) is 5.75 Å². The van der Waals surface area contributed by atoms with Crippen molar-refractivity contribution in [1.29, 1.82) is 0 Å². The van der Waals surface area contributed by atoms with Crippen molar-refractivity contribution in [2.45, 2.75) is 25.7 Å². The van der Waals surface area contributed by atoms with Crippen LogP contribution in [0, 0.1) is 0 Å². The molecule has 0 saturated carbocycles. The van der Waals surface area contributed by atoms with Crippen LogP contribution < -0.4 is 4.74 Å². The fourth-order valence-corrected chi connectivity index (χ4v) is 2.17. The van der Waals surface area contributed by atoms with Gasteiger partial charge in [0.05, 0.1) is 0 Å². The van der Waals surface area contributed by atoms with Gasteiger partial charge in [0, 0.05) is 7.11 Å². The van der Waals surface area contributed by atoms with Gasteiger partial charge in [-0.05, 0) is 48.9 Å². The number of carbonyl (C=O) groups is 1. The highest BCUT2D eigenvalue weighted by Gasteiger charge is 2.10. The average molecular weight is 234 g/mol. The van der Waals surface area contributed by atoms with E-state index in [-0.39, 0.29) is 19.0 Å². The maximum atomic E-state index is 11.3. The first-order chi connectivity index (χ1) is 8.29. The summed E-state index contributed by atoms with van der Waals surface area (Å²) in [7, 11) is 1.51. The van der Waals surface area contributed by atoms with Crippen LogP contribution >= 0.6 is 0 Å². The van der Waals surface area contributed by atoms with Crippen LogP contribution in [0.3, 0.4) is 0 Å². The zero-order chi connectivity index (χ0) is 12.1. The van der Waals surface area contributed by atoms with Crippen LogP contribution in [0.2, 0.25) is 0 Å². The van der Waals surface area contributed by atoms with Crippen LogP contribution in [0.4, 0.5) is 0 Å². The Bertz CT molecular complexity index is 398. The highest BCUT2D eigenvalue weighted by Crippen LogP contribution is 2.25. The number of ether oxygens (including phenoxy) is 2. The summed E-state index contributed by atoms with van der Waals surface area (Å²) in [5.74, 6) is 0.750. The van der Waals surface area contributed by atoms with E-state index in [0.717, 1.165) is 18.6 Å². The minimum Gasteiger partial charge on any atom is -0.486 e. The second-order valence-electron chi connectivity index (χ2n) is 4.40. The second kappa shape index (κ2) is 5.82. The van der Waals surface area contributed by atoms with Crippen LogP contribution in [0.1, 0.15) is 24.0 Å². The summed E-state index contributed by atoms with van der Waals surface area (Å²) in [5, 5.41) is 0. The molecule has 1 aliphatic carbocycles. The van der Waals surface area contributed by atoms with Gasteiger partial charge < -0.3 is 9.47 Å². The quantitative estimate of drug-likeness (QED) is 0.783. The van der Waals surface area contributed by atoms with E-state index in [9.17, 15) is 4.79 Å². The lowest BCUT2D eigenvalue weighted by Crippen LogP contribution is -2.16. The van der Waals surface area contributed by atoms with Gasteiger partial charge >= 0.3 is 0 Å². The van der Waals surface area contributed by atoms with E-state index in [1.54, 1.807) is 0 Å². The Balaban J connectivity index is 1.95. The summed E-state index contributed by atoms with van der Waals surface area (Å²) in [5.41, 5.74) is 2.79. The molecule has 0 amide bonds. The molecule has 0 saturated heterocycles. The Morgan fingerprint density at radius 1 is 1.18 bits per heavy atom. The maximum Gasteiger partial charge on any atom is 0.195 e. The van der Waals surface area contributed by atoms with Crippen molar-refractivity contribution in [3.05, 3.63) is 29.3 Å². The molecule has 2 rings (SSSR count). The topological polar surface area (TPSA) is 35.5 Å². The monoisotopic (exact) mass is 234 g/mol. The normalized spacial score (nSPS) is 14.2. The molecule has 0 aliphatic heterocycles. The first kappa shape index (κ1) is 12.1. The lowest BCUT2D eigenvalue weighted by atomic mass is 9.92. The highest BCUT2D eigenvalue weighted by atomic mass is 16.5. The molecule has 3 heteroatoms. The van der Waals surface area contributed by atoms with Crippen molar-refractivity contribution < 1.29 is 14.3 Å². The van der Waals surface area contributed by atoms with Crippen LogP contribution in [-0.2, 0) is 22.4 Å². The fourth-order valence-electron chi connectivity index (χ4n) is 2.17. The smallest absolute Gasteiger partial charge is 0.195 e. The van der Waals surface area contributed by atoms with Crippen LogP contribution in [-0.4, -0.2) is 26.1 Å². The van der Waals surface area contributed by atoms with Gasteiger partial charge in [0.2, 0.25) is 0 Å². The molecule has 0 heterocycles. The number of carbonyl (C=O) groups excluding carboxylic acids is 1. The fraction of sp³-hybridized carbons (Fsp3) is 0.500. The highest BCUT2D eigenvalue weighted by molar-refractivity contribution is 5.81. The number of hydrogen-bond acceptors (Lipinski definition) is 3. The van der Waals surface area contributed by atoms with Gasteiger partial charge in [0.15, 0.2) is 5.78 Å². The van der Waals surface area contributed by atoms with E-state index in [1.807, 2.05) is 6.07 Å². The standard InChI is InChI=1S/C14H18O3/c1-16-9-13(15)10-17-14-7-6-11-4-2-3-5-12(11)8-14/h6-8H,2-5,9-10H2,1H3. The molecule has 0 spiro atoms. The summed E-state index contributed by atoms with van der Waals surface area (Å²) in [6.07, 6.45) is 4.81. The van der Waals surface area contributed by atoms with Gasteiger partial charge in [-0.3, -0.25) is 4.79 Å². The van der Waals surface area contributed by atoms with Gasteiger partial charge in [0.25, 0.3) is 0 Å². The first-order valence-electron chi connectivity index (χ1n) is 6.05. The van der Waals surface area contributed by atoms with Crippen molar-refractivity contribution in [3.63, 3.8) is 0 Å². The molecule has 1 aromatic carbocycles. The Morgan fingerprint density at radius 2 is 1.94 bits per heavy atom. The number of hydrogen-bond donors (Lipinski definition) is 0. The molecule has 92 valence electrons. The summed E-state index contributed by atoms with van der Waals surface area (Å²) in [4.78, 5) is 11.3. The maximum absolute atomic E-state index is 11.3. The van der Waals surface area contributed by atoms with E-state index in [1.165, 1.54) is 31.1 Å². The molecule has 0 fully saturated rings. The number of ketones is 1. The first-order valence-corrected chi connectivity index (χ1v) is 6.05. The SMILES string of the molecule is COCC(=O)COc1ccc2c(c1)CCCC2. The van der Waals surface area contributed by atoms with Gasteiger partial charge in [-0.1, -0.05) is 6.07 Å². The predicted molar refractivity (Wildman–Crippen MR) is 65.5 cm³/mol. The minimum atomic E-state index is -0.0368. The van der Waals surface area contributed by atoms with Crippen LogP contribution in [0.15, 0.2) is 18.2 Å². The molecule has 17 heavy (non-hydrogen) atoms. The summed E-state index contributed by atoms with van der Waals surface area (Å²) >= 11 is 0. The third-order valence-electron chi connectivity index (χ3n) is 3.03. The summed E-state index contributed by atoms with van der Waals surface area (Å²) in [6, 6.07) is 6.13. The predicted octanol–water partition coefficient (Wildman–Crippen LogP) is 2.16. The summed E-state index contributed by atoms with van der Waals surface area (Å²) in [6.45, 7) is 0.206. The third-order valence-corrected chi connectivity index (χ3v) is 3.03. The molecule has 1 aliphatic rings. The lowest BCUT2D eigenvalue weighted by molar-refractivity contribution is -0.124. The molecular formula is C14H18O3. The van der Waals surface area contributed by atoms with Gasteiger partial charge in [-0.15, -0.1) is 0 Å². The van der Waals surface area contributed by atoms with E-state index >= 15 is 0 Å². The van der Waals surface area contributed by atoms with Gasteiger partial charge in [-0.2, -0.15) is 0 Å². The number of rotatable bonds is 5. The van der Waals surface area contributed by atoms with E-state index < -0.39 is 0 Å². The Kier molecular flexibility index (Phi) is 4.15. The van der Waals surface area contributed by atoms with Gasteiger partial charge in [0.1, 0.15) is 19.0 Å². The van der Waals surface area contributed by atoms with Crippen molar-refractivity contribution in [2.75, 3.05) is 20.3 Å². The van der Waals surface area contributed by atoms with Crippen molar-refractivity contribution >= 4 is 5.78 Å². The third kappa shape index (κ3) is 3.30. The van der Waals surface area contributed by atoms with E-state index in [4.69, 9.17) is 9.47 Å². The molecule has 0 radical (unpaired) electrons. The molecule has 0 N–H and O–H groups in total. The average Bonchev–Trinajstić information content (AvgIpc) is 2.36. The Hall–Kier alpha value is -1.35. The van der Waals surface area contributed by atoms with E-state index in [2.05, 4.69) is 12.1 Å². The van der Waals surface area contributed by atoms with E-state index in [0.29, 0.717) is 0 Å². The van der Waals surface area contributed by atoms with Gasteiger partial charge in [-0.25, -0.2) is 0 Å². The molecular weight excluding hydrogens is 216 g/mol. The largest absolute Gasteiger partial charge is 0.486 e. The second-order valence-corrected chi connectivity index (χ2v) is 4.40. The number of Topliss-reactive ketones (excluding diaryl/α,β-unsaturated/α-hetero) is 1. The Labute approximate surface area is 102 Å². The molecule has 0 aromatic heterocycles. The molecule has 0 bridgehead atoms. The molecule has 1 aromatic rings. The zero-order valence-corrected chi connectivity index (χ0v) is 10.2. The van der Waals surface area contributed by atoms with Crippen molar-refractivity contribution in [2.24, 2.45) is 0 Å². The van der Waals surface area contributed by atoms with Crippen molar-refractivity contribution in [3.8, 4) is 5.75 Å². The minimum absolute atomic E-state index is 0.0368. The van der Waals surface area contributed by atoms with Crippen molar-refractivity contribution in [1.82, 2.24) is 0 Å². The number of fused-ring (bicyclic) bond motifs is 1. The molecule has 3 nitrogen and oxygen atoms in total. The molecule has 0 unspecified atom stereocenters. The number of methoxy groups -OCH3 is 1. The summed E-state index contributed by atoms with van der Waals surface area (Å²) < 4.78 is 10.2. The lowest BCUT2D eigenvalue weighted by Gasteiger charge is -2.16. The molecule has 0 atom stereocenters. The van der Waals surface area contributed by atoms with Crippen LogP contribution in [0.25, 0.3) is 0 Å². The number of aryl methyl sites for hydroxylation is 2. The number of benzene rings is 1. The zero-order valence-electron chi connectivity index (χ0n) is 10.2.